The fourth-order valence-corrected chi connectivity index (χ4v) is 4.72. The van der Waals surface area contributed by atoms with Crippen molar-refractivity contribution in [2.24, 2.45) is 0 Å². The predicted molar refractivity (Wildman–Crippen MR) is 171 cm³/mol. The molecule has 7 nitrogen and oxygen atoms in total. The molecule has 1 unspecified atom stereocenters. The molecule has 0 saturated heterocycles. The van der Waals surface area contributed by atoms with Gasteiger partial charge in [-0.15, -0.1) is 0 Å². The average molecular weight is 643 g/mol. The van der Waals surface area contributed by atoms with Crippen LogP contribution in [0.4, 0.5) is 13.2 Å². The van der Waals surface area contributed by atoms with E-state index < -0.39 is 30.6 Å². The third-order valence-corrected chi connectivity index (χ3v) is 7.46. The second kappa shape index (κ2) is 19.5. The number of ether oxygens (including phenoxy) is 3. The second-order valence-electron chi connectivity index (χ2n) is 11.3. The number of alkyl halides is 3. The van der Waals surface area contributed by atoms with Crippen molar-refractivity contribution >= 4 is 11.9 Å². The number of carbonyl (C=O) groups is 2. The van der Waals surface area contributed by atoms with Crippen LogP contribution in [-0.4, -0.2) is 47.4 Å². The second-order valence-corrected chi connectivity index (χ2v) is 11.3. The summed E-state index contributed by atoms with van der Waals surface area (Å²) in [4.78, 5) is 33.3. The average Bonchev–Trinajstić information content (AvgIpc) is 3.05. The maximum Gasteiger partial charge on any atom is 0.426 e. The van der Waals surface area contributed by atoms with Crippen LogP contribution in [0.15, 0.2) is 60.9 Å². The predicted octanol–water partition coefficient (Wildman–Crippen LogP) is 9.54. The van der Waals surface area contributed by atoms with Crippen LogP contribution in [0.3, 0.4) is 0 Å². The highest BCUT2D eigenvalue weighted by Crippen LogP contribution is 2.28. The Balaban J connectivity index is 1.50. The molecule has 0 aliphatic carbocycles. The van der Waals surface area contributed by atoms with Gasteiger partial charge >= 0.3 is 18.1 Å². The summed E-state index contributed by atoms with van der Waals surface area (Å²) in [6, 6.07) is 13.4. The van der Waals surface area contributed by atoms with E-state index in [0.29, 0.717) is 24.4 Å². The summed E-state index contributed by atoms with van der Waals surface area (Å²) >= 11 is 0. The van der Waals surface area contributed by atoms with Crippen molar-refractivity contribution in [1.82, 2.24) is 9.97 Å². The number of esters is 2. The van der Waals surface area contributed by atoms with Crippen LogP contribution in [-0.2, 0) is 14.3 Å². The van der Waals surface area contributed by atoms with E-state index in [1.54, 1.807) is 12.4 Å². The van der Waals surface area contributed by atoms with E-state index in [0.717, 1.165) is 49.0 Å². The van der Waals surface area contributed by atoms with Crippen molar-refractivity contribution in [2.75, 3.05) is 13.2 Å². The highest BCUT2D eigenvalue weighted by molar-refractivity contribution is 5.90. The highest BCUT2D eigenvalue weighted by atomic mass is 19.4. The highest BCUT2D eigenvalue weighted by Gasteiger charge is 2.44. The molecule has 1 atom stereocenters. The molecule has 1 aromatic heterocycles. The fourth-order valence-electron chi connectivity index (χ4n) is 4.72. The van der Waals surface area contributed by atoms with Crippen molar-refractivity contribution in [3.05, 3.63) is 66.5 Å². The zero-order valence-electron chi connectivity index (χ0n) is 26.8. The molecular weight excluding hydrogens is 597 g/mol. The van der Waals surface area contributed by atoms with Crippen LogP contribution >= 0.6 is 0 Å². The van der Waals surface area contributed by atoms with Crippen molar-refractivity contribution in [2.45, 2.75) is 103 Å². The van der Waals surface area contributed by atoms with Crippen LogP contribution in [0, 0.1) is 0 Å². The van der Waals surface area contributed by atoms with E-state index in [4.69, 9.17) is 14.2 Å². The zero-order chi connectivity index (χ0) is 33.2. The van der Waals surface area contributed by atoms with Crippen molar-refractivity contribution in [3.63, 3.8) is 0 Å². The minimum Gasteiger partial charge on any atom is -0.494 e. The molecule has 2 aromatic carbocycles. The van der Waals surface area contributed by atoms with Gasteiger partial charge in [-0.3, -0.25) is 4.79 Å². The molecule has 0 amide bonds. The molecule has 0 aliphatic rings. The SMILES string of the molecule is CCCCCCCCOc1ccc(-c2cnc(-c3ccc(C(=O)OC(CC(=O)OCCCCCCC)C(F)(F)F)cc3)nc2)cc1. The summed E-state index contributed by atoms with van der Waals surface area (Å²) in [6.45, 7) is 5.00. The van der Waals surface area contributed by atoms with E-state index in [1.165, 1.54) is 56.4 Å². The molecule has 250 valence electrons. The summed E-state index contributed by atoms with van der Waals surface area (Å²) in [5.41, 5.74) is 2.19. The number of hydrogen-bond acceptors (Lipinski definition) is 7. The summed E-state index contributed by atoms with van der Waals surface area (Å²) in [6.07, 6.45) is 6.43. The molecule has 0 N–H and O–H groups in total. The monoisotopic (exact) mass is 642 g/mol. The lowest BCUT2D eigenvalue weighted by molar-refractivity contribution is -0.210. The molecule has 0 spiro atoms. The van der Waals surface area contributed by atoms with Gasteiger partial charge in [0, 0.05) is 23.5 Å². The minimum absolute atomic E-state index is 0.0339. The standard InChI is InChI=1S/C36H45F3N2O5/c1-3-5-7-9-11-12-22-44-31-20-18-27(19-21-31)30-25-40-34(41-26-30)28-14-16-29(17-15-28)35(43)46-32(36(37,38)39)24-33(42)45-23-13-10-8-6-4-2/h14-21,25-26,32H,3-13,22-24H2,1-2H3. The first-order chi connectivity index (χ1) is 22.2. The van der Waals surface area contributed by atoms with Crippen molar-refractivity contribution in [1.29, 1.82) is 0 Å². The molecule has 3 aromatic rings. The van der Waals surface area contributed by atoms with E-state index >= 15 is 0 Å². The molecule has 1 heterocycles. The summed E-state index contributed by atoms with van der Waals surface area (Å²) in [5.74, 6) is -1.07. The van der Waals surface area contributed by atoms with Gasteiger partial charge in [0.05, 0.1) is 25.2 Å². The van der Waals surface area contributed by atoms with E-state index in [1.807, 2.05) is 24.3 Å². The van der Waals surface area contributed by atoms with Gasteiger partial charge in [0.2, 0.25) is 6.10 Å². The molecule has 10 heteroatoms. The first-order valence-corrected chi connectivity index (χ1v) is 16.3. The number of aromatic nitrogens is 2. The van der Waals surface area contributed by atoms with Gasteiger partial charge in [-0.2, -0.15) is 13.2 Å². The van der Waals surface area contributed by atoms with Crippen molar-refractivity contribution < 1.29 is 37.0 Å². The van der Waals surface area contributed by atoms with Gasteiger partial charge < -0.3 is 14.2 Å². The van der Waals surface area contributed by atoms with Gasteiger partial charge in [-0.1, -0.05) is 95.9 Å². The van der Waals surface area contributed by atoms with E-state index in [9.17, 15) is 22.8 Å². The number of halogens is 3. The number of benzene rings is 2. The van der Waals surface area contributed by atoms with Gasteiger partial charge in [-0.25, -0.2) is 14.8 Å². The number of rotatable bonds is 20. The Kier molecular flexibility index (Phi) is 15.5. The molecular formula is C36H45F3N2O5. The normalized spacial score (nSPS) is 12.0. The lowest BCUT2D eigenvalue weighted by Gasteiger charge is -2.20. The smallest absolute Gasteiger partial charge is 0.426 e. The molecule has 3 rings (SSSR count). The molecule has 0 bridgehead atoms. The molecule has 0 fully saturated rings. The van der Waals surface area contributed by atoms with Crippen LogP contribution in [0.25, 0.3) is 22.5 Å². The van der Waals surface area contributed by atoms with Gasteiger partial charge in [0.25, 0.3) is 0 Å². The molecule has 0 saturated carbocycles. The molecule has 0 radical (unpaired) electrons. The Bertz CT molecular complexity index is 1310. The van der Waals surface area contributed by atoms with Crippen molar-refractivity contribution in [3.8, 4) is 28.3 Å². The number of hydrogen-bond donors (Lipinski definition) is 0. The zero-order valence-corrected chi connectivity index (χ0v) is 26.8. The lowest BCUT2D eigenvalue weighted by atomic mass is 10.1. The number of unbranched alkanes of at least 4 members (excludes halogenated alkanes) is 9. The van der Waals surface area contributed by atoms with Crippen LogP contribution < -0.4 is 4.74 Å². The third kappa shape index (κ3) is 12.8. The summed E-state index contributed by atoms with van der Waals surface area (Å²) in [7, 11) is 0. The number of nitrogens with zero attached hydrogens (tertiary/aromatic N) is 2. The maximum atomic E-state index is 13.5. The molecule has 0 aliphatic heterocycles. The van der Waals surface area contributed by atoms with Gasteiger partial charge in [0.1, 0.15) is 5.75 Å². The topological polar surface area (TPSA) is 87.6 Å². The first kappa shape index (κ1) is 36.5. The van der Waals surface area contributed by atoms with Crippen LogP contribution in [0.5, 0.6) is 5.75 Å². The Hall–Kier alpha value is -3.95. The quantitative estimate of drug-likeness (QED) is 0.0896. The lowest BCUT2D eigenvalue weighted by Crippen LogP contribution is -2.36. The fraction of sp³-hybridized carbons (Fsp3) is 0.500. The Morgan fingerprint density at radius 1 is 0.696 bits per heavy atom. The van der Waals surface area contributed by atoms with Gasteiger partial charge in [-0.05, 0) is 42.7 Å². The van der Waals surface area contributed by atoms with Crippen LogP contribution in [0.2, 0.25) is 0 Å². The third-order valence-electron chi connectivity index (χ3n) is 7.46. The first-order valence-electron chi connectivity index (χ1n) is 16.3. The number of carbonyl (C=O) groups excluding carboxylic acids is 2. The van der Waals surface area contributed by atoms with Crippen LogP contribution in [0.1, 0.15) is 101 Å². The van der Waals surface area contributed by atoms with E-state index in [2.05, 4.69) is 23.8 Å². The Morgan fingerprint density at radius 2 is 1.24 bits per heavy atom. The Labute approximate surface area is 269 Å². The summed E-state index contributed by atoms with van der Waals surface area (Å²) < 4.78 is 56.1. The van der Waals surface area contributed by atoms with Gasteiger partial charge in [0.15, 0.2) is 5.82 Å². The molecule has 46 heavy (non-hydrogen) atoms. The summed E-state index contributed by atoms with van der Waals surface area (Å²) in [5, 5.41) is 0. The maximum absolute atomic E-state index is 13.5. The largest absolute Gasteiger partial charge is 0.494 e. The Morgan fingerprint density at radius 3 is 1.83 bits per heavy atom. The minimum atomic E-state index is -4.92. The van der Waals surface area contributed by atoms with E-state index in [-0.39, 0.29) is 12.2 Å².